The van der Waals surface area contributed by atoms with Crippen molar-refractivity contribution in [3.8, 4) is 0 Å². The topological polar surface area (TPSA) is 56.3 Å². The second-order valence-corrected chi connectivity index (χ2v) is 5.69. The van der Waals surface area contributed by atoms with Crippen LogP contribution in [0.2, 0.25) is 0 Å². The number of aliphatic carboxylic acids is 1. The quantitative estimate of drug-likeness (QED) is 0.903. The van der Waals surface area contributed by atoms with Gasteiger partial charge in [-0.15, -0.1) is 0 Å². The Labute approximate surface area is 118 Å². The summed E-state index contributed by atoms with van der Waals surface area (Å²) in [5.41, 5.74) is 3.64. The van der Waals surface area contributed by atoms with Gasteiger partial charge in [-0.25, -0.2) is 0 Å². The minimum Gasteiger partial charge on any atom is -0.481 e. The summed E-state index contributed by atoms with van der Waals surface area (Å²) in [5, 5.41) is 10.4. The first-order valence-electron chi connectivity index (χ1n) is 7.16. The van der Waals surface area contributed by atoms with Crippen molar-refractivity contribution >= 4 is 16.9 Å². The molecule has 1 unspecified atom stereocenters. The van der Waals surface area contributed by atoms with Crippen LogP contribution in [0.25, 0.3) is 10.9 Å². The van der Waals surface area contributed by atoms with Crippen LogP contribution in [-0.2, 0) is 11.3 Å². The monoisotopic (exact) mass is 272 g/mol. The first kappa shape index (κ1) is 13.2. The van der Waals surface area contributed by atoms with Gasteiger partial charge in [0, 0.05) is 29.7 Å². The number of likely N-dealkylation sites (tertiary alicyclic amines) is 1. The number of nitrogens with zero attached hydrogens (tertiary/aromatic N) is 1. The Balaban J connectivity index is 1.82. The molecule has 20 heavy (non-hydrogen) atoms. The summed E-state index contributed by atoms with van der Waals surface area (Å²) < 4.78 is 0. The first-order valence-corrected chi connectivity index (χ1v) is 7.16. The van der Waals surface area contributed by atoms with Crippen molar-refractivity contribution in [2.24, 2.45) is 5.92 Å². The molecule has 2 N–H and O–H groups in total. The van der Waals surface area contributed by atoms with Gasteiger partial charge in [-0.2, -0.15) is 0 Å². The lowest BCUT2D eigenvalue weighted by molar-refractivity contribution is -0.143. The van der Waals surface area contributed by atoms with Gasteiger partial charge in [0.15, 0.2) is 0 Å². The van der Waals surface area contributed by atoms with Gasteiger partial charge in [0.05, 0.1) is 5.92 Å². The van der Waals surface area contributed by atoms with Gasteiger partial charge in [-0.1, -0.05) is 18.2 Å². The minimum absolute atomic E-state index is 0.214. The van der Waals surface area contributed by atoms with Crippen LogP contribution in [0.5, 0.6) is 0 Å². The molecule has 4 nitrogen and oxygen atoms in total. The van der Waals surface area contributed by atoms with E-state index in [0.717, 1.165) is 31.4 Å². The van der Waals surface area contributed by atoms with Gasteiger partial charge >= 0.3 is 5.97 Å². The number of fused-ring (bicyclic) bond motifs is 1. The second-order valence-electron chi connectivity index (χ2n) is 5.69. The molecule has 1 atom stereocenters. The van der Waals surface area contributed by atoms with Gasteiger partial charge in [-0.3, -0.25) is 9.69 Å². The molecule has 1 fully saturated rings. The lowest BCUT2D eigenvalue weighted by Crippen LogP contribution is -2.38. The summed E-state index contributed by atoms with van der Waals surface area (Å²) in [7, 11) is 0. The maximum atomic E-state index is 11.1. The molecule has 2 aromatic rings. The summed E-state index contributed by atoms with van der Waals surface area (Å²) in [6, 6.07) is 8.30. The van der Waals surface area contributed by atoms with E-state index in [0.29, 0.717) is 6.54 Å². The lowest BCUT2D eigenvalue weighted by Gasteiger charge is -2.30. The number of hydrogen-bond donors (Lipinski definition) is 2. The molecule has 1 aromatic heterocycles. The normalized spacial score (nSPS) is 20.4. The Morgan fingerprint density at radius 2 is 2.25 bits per heavy atom. The number of nitrogens with one attached hydrogen (secondary N) is 1. The fraction of sp³-hybridized carbons (Fsp3) is 0.438. The van der Waals surface area contributed by atoms with Crippen molar-refractivity contribution < 1.29 is 9.90 Å². The lowest BCUT2D eigenvalue weighted by atomic mass is 9.97. The highest BCUT2D eigenvalue weighted by Gasteiger charge is 2.26. The minimum atomic E-state index is -0.662. The van der Waals surface area contributed by atoms with Crippen molar-refractivity contribution in [3.05, 3.63) is 35.5 Å². The Bertz CT molecular complexity index is 632. The molecule has 1 aliphatic heterocycles. The fourth-order valence-corrected chi connectivity index (χ4v) is 3.16. The number of para-hydroxylation sites is 1. The number of carboxylic acids is 1. The van der Waals surface area contributed by atoms with E-state index in [2.05, 4.69) is 35.0 Å². The summed E-state index contributed by atoms with van der Waals surface area (Å²) in [6.07, 6.45) is 1.77. The van der Waals surface area contributed by atoms with Crippen LogP contribution in [-0.4, -0.2) is 34.0 Å². The van der Waals surface area contributed by atoms with E-state index in [-0.39, 0.29) is 5.92 Å². The van der Waals surface area contributed by atoms with Gasteiger partial charge in [-0.05, 0) is 37.9 Å². The van der Waals surface area contributed by atoms with Crippen molar-refractivity contribution in [1.29, 1.82) is 0 Å². The van der Waals surface area contributed by atoms with E-state index in [4.69, 9.17) is 0 Å². The van der Waals surface area contributed by atoms with Crippen molar-refractivity contribution in [3.63, 3.8) is 0 Å². The molecule has 106 valence electrons. The number of hydrogen-bond acceptors (Lipinski definition) is 2. The highest BCUT2D eigenvalue weighted by molar-refractivity contribution is 5.84. The van der Waals surface area contributed by atoms with Crippen molar-refractivity contribution in [2.45, 2.75) is 26.3 Å². The second kappa shape index (κ2) is 5.29. The molecule has 2 heterocycles. The summed E-state index contributed by atoms with van der Waals surface area (Å²) in [6.45, 7) is 4.57. The zero-order chi connectivity index (χ0) is 14.1. The Hall–Kier alpha value is -1.81. The van der Waals surface area contributed by atoms with E-state index in [1.807, 2.05) is 6.07 Å². The molecule has 4 heteroatoms. The average molecular weight is 272 g/mol. The Morgan fingerprint density at radius 3 is 3.05 bits per heavy atom. The zero-order valence-corrected chi connectivity index (χ0v) is 11.7. The molecular weight excluding hydrogens is 252 g/mol. The van der Waals surface area contributed by atoms with E-state index in [1.165, 1.54) is 16.6 Å². The van der Waals surface area contributed by atoms with Crippen LogP contribution in [0.3, 0.4) is 0 Å². The number of aryl methyl sites for hydroxylation is 1. The highest BCUT2D eigenvalue weighted by Crippen LogP contribution is 2.25. The van der Waals surface area contributed by atoms with Gasteiger partial charge in [0.1, 0.15) is 0 Å². The Kier molecular flexibility index (Phi) is 3.49. The number of H-pyrrole nitrogens is 1. The third-order valence-corrected chi connectivity index (χ3v) is 4.26. The largest absolute Gasteiger partial charge is 0.481 e. The molecule has 0 spiro atoms. The third-order valence-electron chi connectivity index (χ3n) is 4.26. The zero-order valence-electron chi connectivity index (χ0n) is 11.7. The third kappa shape index (κ3) is 2.43. The average Bonchev–Trinajstić information content (AvgIpc) is 2.76. The summed E-state index contributed by atoms with van der Waals surface area (Å²) in [5.74, 6) is -0.875. The summed E-state index contributed by atoms with van der Waals surface area (Å²) >= 11 is 0. The molecule has 0 aliphatic carbocycles. The van der Waals surface area contributed by atoms with Gasteiger partial charge < -0.3 is 10.1 Å². The predicted octanol–water partition coefficient (Wildman–Crippen LogP) is 2.77. The maximum Gasteiger partial charge on any atom is 0.307 e. The molecule has 1 aliphatic rings. The van der Waals surface area contributed by atoms with Crippen LogP contribution < -0.4 is 0 Å². The summed E-state index contributed by atoms with van der Waals surface area (Å²) in [4.78, 5) is 16.8. The van der Waals surface area contributed by atoms with Crippen LogP contribution in [0.1, 0.15) is 24.1 Å². The number of carboxylic acid groups (broad SMARTS) is 1. The SMILES string of the molecule is Cc1[nH]c2ccccc2c1CN1CCCC(C(=O)O)C1. The number of benzene rings is 1. The Morgan fingerprint density at radius 1 is 1.45 bits per heavy atom. The molecule has 0 radical (unpaired) electrons. The van der Waals surface area contributed by atoms with E-state index < -0.39 is 5.97 Å². The number of rotatable bonds is 3. The van der Waals surface area contributed by atoms with E-state index in [9.17, 15) is 9.90 Å². The van der Waals surface area contributed by atoms with Crippen LogP contribution in [0.4, 0.5) is 0 Å². The number of aromatic nitrogens is 1. The standard InChI is InChI=1S/C16H20N2O2/c1-11-14(13-6-2-3-7-15(13)17-11)10-18-8-4-5-12(9-18)16(19)20/h2-3,6-7,12,17H,4-5,8-10H2,1H3,(H,19,20). The number of aromatic amines is 1. The molecule has 0 amide bonds. The van der Waals surface area contributed by atoms with Crippen molar-refractivity contribution in [2.75, 3.05) is 13.1 Å². The smallest absolute Gasteiger partial charge is 0.307 e. The predicted molar refractivity (Wildman–Crippen MR) is 78.7 cm³/mol. The van der Waals surface area contributed by atoms with Crippen molar-refractivity contribution in [1.82, 2.24) is 9.88 Å². The van der Waals surface area contributed by atoms with Gasteiger partial charge in [0.2, 0.25) is 0 Å². The number of carbonyl (C=O) groups is 1. The highest BCUT2D eigenvalue weighted by atomic mass is 16.4. The fourth-order valence-electron chi connectivity index (χ4n) is 3.16. The first-order chi connectivity index (χ1) is 9.65. The maximum absolute atomic E-state index is 11.1. The number of piperidine rings is 1. The molecule has 1 saturated heterocycles. The molecular formula is C16H20N2O2. The molecule has 3 rings (SSSR count). The van der Waals surface area contributed by atoms with Crippen LogP contribution in [0, 0.1) is 12.8 Å². The molecule has 0 saturated carbocycles. The van der Waals surface area contributed by atoms with Gasteiger partial charge in [0.25, 0.3) is 0 Å². The molecule has 0 bridgehead atoms. The van der Waals surface area contributed by atoms with Crippen LogP contribution in [0.15, 0.2) is 24.3 Å². The molecule has 1 aromatic carbocycles. The van der Waals surface area contributed by atoms with E-state index >= 15 is 0 Å². The van der Waals surface area contributed by atoms with E-state index in [1.54, 1.807) is 0 Å². The van der Waals surface area contributed by atoms with Crippen LogP contribution >= 0.6 is 0 Å².